The zero-order valence-electron chi connectivity index (χ0n) is 15.2. The number of allylic oxidation sites excluding steroid dienone is 3. The van der Waals surface area contributed by atoms with Crippen LogP contribution >= 0.6 is 0 Å². The minimum Gasteiger partial charge on any atom is -0.348 e. The van der Waals surface area contributed by atoms with Crippen LogP contribution in [0.25, 0.3) is 0 Å². The Kier molecular flexibility index (Phi) is 6.59. The summed E-state index contributed by atoms with van der Waals surface area (Å²) < 4.78 is 0. The molecule has 0 aromatic heterocycles. The highest BCUT2D eigenvalue weighted by atomic mass is 16.1. The van der Waals surface area contributed by atoms with Gasteiger partial charge >= 0.3 is 0 Å². The van der Waals surface area contributed by atoms with Crippen molar-refractivity contribution in [3.8, 4) is 0 Å². The van der Waals surface area contributed by atoms with Crippen molar-refractivity contribution in [3.63, 3.8) is 0 Å². The van der Waals surface area contributed by atoms with Gasteiger partial charge in [0.2, 0.25) is 5.91 Å². The fraction of sp³-hybridized carbons (Fsp3) is 0.391. The van der Waals surface area contributed by atoms with E-state index in [0.717, 1.165) is 18.4 Å². The van der Waals surface area contributed by atoms with Gasteiger partial charge in [-0.2, -0.15) is 0 Å². The van der Waals surface area contributed by atoms with E-state index in [9.17, 15) is 9.59 Å². The van der Waals surface area contributed by atoms with Crippen LogP contribution < -0.4 is 5.32 Å². The topological polar surface area (TPSA) is 46.2 Å². The number of hydrogen-bond acceptors (Lipinski definition) is 2. The number of carbonyl (C=O) groups excluding carboxylic acids is 2. The number of amides is 1. The van der Waals surface area contributed by atoms with E-state index < -0.39 is 0 Å². The molecular weight excluding hydrogens is 322 g/mol. The molecule has 0 spiro atoms. The number of ketones is 1. The summed E-state index contributed by atoms with van der Waals surface area (Å²) >= 11 is 0. The summed E-state index contributed by atoms with van der Waals surface area (Å²) in [6, 6.07) is 7.90. The lowest BCUT2D eigenvalue weighted by molar-refractivity contribution is -0.116. The van der Waals surface area contributed by atoms with Crippen LogP contribution in [0.15, 0.2) is 60.2 Å². The molecule has 0 saturated heterocycles. The van der Waals surface area contributed by atoms with Crippen LogP contribution in [-0.2, 0) is 4.79 Å². The second-order valence-electron chi connectivity index (χ2n) is 7.13. The maximum atomic E-state index is 12.3. The van der Waals surface area contributed by atoms with Crippen molar-refractivity contribution in [2.75, 3.05) is 6.54 Å². The van der Waals surface area contributed by atoms with Crippen molar-refractivity contribution in [2.24, 2.45) is 0 Å². The number of hydrogen-bond donors (Lipinski definition) is 1. The second kappa shape index (κ2) is 9.33. The Hall–Kier alpha value is -2.42. The summed E-state index contributed by atoms with van der Waals surface area (Å²) in [4.78, 5) is 24.1. The molecule has 0 heterocycles. The maximum Gasteiger partial charge on any atom is 0.244 e. The molecule has 1 saturated carbocycles. The largest absolute Gasteiger partial charge is 0.348 e. The molecule has 3 heteroatoms. The Balaban J connectivity index is 1.50. The maximum absolute atomic E-state index is 12.3. The average molecular weight is 349 g/mol. The first-order chi connectivity index (χ1) is 12.7. The molecule has 1 fully saturated rings. The molecule has 0 radical (unpaired) electrons. The summed E-state index contributed by atoms with van der Waals surface area (Å²) in [5.74, 6) is 0.265. The van der Waals surface area contributed by atoms with Crippen molar-refractivity contribution in [1.82, 2.24) is 5.32 Å². The molecule has 1 N–H and O–H groups in total. The molecule has 2 aliphatic rings. The summed E-state index contributed by atoms with van der Waals surface area (Å²) in [6.07, 6.45) is 17.5. The zero-order valence-corrected chi connectivity index (χ0v) is 15.2. The Morgan fingerprint density at radius 1 is 1.00 bits per heavy atom. The minimum atomic E-state index is -0.239. The fourth-order valence-corrected chi connectivity index (χ4v) is 3.65. The normalized spacial score (nSPS) is 17.9. The molecule has 1 aromatic rings. The van der Waals surface area contributed by atoms with Gasteiger partial charge in [-0.15, -0.1) is 0 Å². The standard InChI is InChI=1S/C23H27NO2/c25-22(15-16-23(26)24-17-18-7-3-1-4-8-18)21-13-11-20(12-14-21)19-9-5-2-6-10-19/h3,7-8,11-16,19H,1-2,4-6,9-10,17H2,(H,24,26)/b16-15+. The van der Waals surface area contributed by atoms with Gasteiger partial charge in [0.05, 0.1) is 0 Å². The van der Waals surface area contributed by atoms with Gasteiger partial charge in [-0.1, -0.05) is 61.8 Å². The van der Waals surface area contributed by atoms with Crippen molar-refractivity contribution in [1.29, 1.82) is 0 Å². The third-order valence-electron chi connectivity index (χ3n) is 5.20. The van der Waals surface area contributed by atoms with E-state index in [0.29, 0.717) is 18.0 Å². The van der Waals surface area contributed by atoms with Gasteiger partial charge in [0.15, 0.2) is 5.78 Å². The third kappa shape index (κ3) is 5.29. The SMILES string of the molecule is O=C(/C=C/C(=O)c1ccc(C2CCCCC2)cc1)NCC1=CCCC=C1. The molecule has 1 aromatic carbocycles. The van der Waals surface area contributed by atoms with E-state index in [-0.39, 0.29) is 11.7 Å². The Morgan fingerprint density at radius 2 is 1.77 bits per heavy atom. The molecule has 2 aliphatic carbocycles. The van der Waals surface area contributed by atoms with Crippen LogP contribution in [-0.4, -0.2) is 18.2 Å². The van der Waals surface area contributed by atoms with Gasteiger partial charge in [-0.05, 0) is 48.8 Å². The quantitative estimate of drug-likeness (QED) is 0.588. The van der Waals surface area contributed by atoms with Crippen LogP contribution in [0.3, 0.4) is 0 Å². The first-order valence-corrected chi connectivity index (χ1v) is 9.68. The van der Waals surface area contributed by atoms with Crippen LogP contribution in [0.5, 0.6) is 0 Å². The van der Waals surface area contributed by atoms with E-state index in [1.165, 1.54) is 49.8 Å². The lowest BCUT2D eigenvalue weighted by Crippen LogP contribution is -2.23. The monoisotopic (exact) mass is 349 g/mol. The molecular formula is C23H27NO2. The van der Waals surface area contributed by atoms with Gasteiger partial charge in [0.25, 0.3) is 0 Å². The van der Waals surface area contributed by atoms with Gasteiger partial charge in [0.1, 0.15) is 0 Å². The molecule has 3 nitrogen and oxygen atoms in total. The highest BCUT2D eigenvalue weighted by Crippen LogP contribution is 2.32. The molecule has 3 rings (SSSR count). The number of rotatable bonds is 6. The number of carbonyl (C=O) groups is 2. The predicted molar refractivity (Wildman–Crippen MR) is 105 cm³/mol. The van der Waals surface area contributed by atoms with Crippen LogP contribution in [0.4, 0.5) is 0 Å². The molecule has 0 aliphatic heterocycles. The van der Waals surface area contributed by atoms with E-state index in [2.05, 4.69) is 29.6 Å². The van der Waals surface area contributed by atoms with E-state index in [1.54, 1.807) is 0 Å². The minimum absolute atomic E-state index is 0.132. The first-order valence-electron chi connectivity index (χ1n) is 9.68. The van der Waals surface area contributed by atoms with Gasteiger partial charge in [0, 0.05) is 18.2 Å². The smallest absolute Gasteiger partial charge is 0.244 e. The number of benzene rings is 1. The van der Waals surface area contributed by atoms with Gasteiger partial charge in [-0.25, -0.2) is 0 Å². The average Bonchev–Trinajstić information content (AvgIpc) is 2.72. The summed E-state index contributed by atoms with van der Waals surface area (Å²) in [6.45, 7) is 0.504. The molecule has 0 bridgehead atoms. The Morgan fingerprint density at radius 3 is 2.46 bits per heavy atom. The Labute approximate surface area is 155 Å². The molecule has 0 unspecified atom stereocenters. The summed E-state index contributed by atoms with van der Waals surface area (Å²) in [7, 11) is 0. The number of nitrogens with one attached hydrogen (secondary N) is 1. The van der Waals surface area contributed by atoms with Crippen LogP contribution in [0.1, 0.15) is 66.8 Å². The molecule has 136 valence electrons. The lowest BCUT2D eigenvalue weighted by atomic mass is 9.84. The van der Waals surface area contributed by atoms with Gasteiger partial charge < -0.3 is 5.32 Å². The highest BCUT2D eigenvalue weighted by Gasteiger charge is 2.15. The van der Waals surface area contributed by atoms with E-state index >= 15 is 0 Å². The van der Waals surface area contributed by atoms with Crippen molar-refractivity contribution in [3.05, 3.63) is 71.3 Å². The fourth-order valence-electron chi connectivity index (χ4n) is 3.65. The second-order valence-corrected chi connectivity index (χ2v) is 7.13. The molecule has 1 amide bonds. The van der Waals surface area contributed by atoms with Crippen LogP contribution in [0.2, 0.25) is 0 Å². The highest BCUT2D eigenvalue weighted by molar-refractivity contribution is 6.07. The van der Waals surface area contributed by atoms with Crippen LogP contribution in [0, 0.1) is 0 Å². The van der Waals surface area contributed by atoms with Crippen molar-refractivity contribution in [2.45, 2.75) is 50.9 Å². The lowest BCUT2D eigenvalue weighted by Gasteiger charge is -2.21. The third-order valence-corrected chi connectivity index (χ3v) is 5.20. The Bertz CT molecular complexity index is 719. The first kappa shape index (κ1) is 18.4. The molecule has 26 heavy (non-hydrogen) atoms. The summed E-state index contributed by atoms with van der Waals surface area (Å²) in [5, 5.41) is 2.81. The zero-order chi connectivity index (χ0) is 18.2. The van der Waals surface area contributed by atoms with E-state index in [1.807, 2.05) is 18.2 Å². The predicted octanol–water partition coefficient (Wildman–Crippen LogP) is 4.87. The van der Waals surface area contributed by atoms with Gasteiger partial charge in [-0.3, -0.25) is 9.59 Å². The molecule has 0 atom stereocenters. The van der Waals surface area contributed by atoms with E-state index in [4.69, 9.17) is 0 Å². The van der Waals surface area contributed by atoms with Crippen molar-refractivity contribution >= 4 is 11.7 Å². The summed E-state index contributed by atoms with van der Waals surface area (Å²) in [5.41, 5.74) is 3.07. The van der Waals surface area contributed by atoms with Crippen molar-refractivity contribution < 1.29 is 9.59 Å².